The SMILES string of the molecule is O=C(Nc1ccc(O)c(F)c1)c1cc2c(s1)CCC2. The molecule has 1 aliphatic carbocycles. The van der Waals surface area contributed by atoms with Crippen molar-refractivity contribution >= 4 is 22.9 Å². The zero-order valence-electron chi connectivity index (χ0n) is 10.1. The summed E-state index contributed by atoms with van der Waals surface area (Å²) in [6, 6.07) is 5.71. The van der Waals surface area contributed by atoms with Gasteiger partial charge in [-0.25, -0.2) is 4.39 Å². The van der Waals surface area contributed by atoms with E-state index >= 15 is 0 Å². The third kappa shape index (κ3) is 2.33. The highest BCUT2D eigenvalue weighted by Gasteiger charge is 2.18. The van der Waals surface area contributed by atoms with Crippen LogP contribution >= 0.6 is 11.3 Å². The Hall–Kier alpha value is -1.88. The highest BCUT2D eigenvalue weighted by molar-refractivity contribution is 7.14. The van der Waals surface area contributed by atoms with Crippen molar-refractivity contribution in [3.8, 4) is 5.75 Å². The van der Waals surface area contributed by atoms with Crippen LogP contribution in [0.25, 0.3) is 0 Å². The predicted octanol–water partition coefficient (Wildman–Crippen LogP) is 3.33. The molecular weight excluding hydrogens is 265 g/mol. The summed E-state index contributed by atoms with van der Waals surface area (Å²) in [7, 11) is 0. The minimum absolute atomic E-state index is 0.232. The minimum atomic E-state index is -0.744. The molecule has 3 nitrogen and oxygen atoms in total. The fourth-order valence-electron chi connectivity index (χ4n) is 2.22. The lowest BCUT2D eigenvalue weighted by molar-refractivity contribution is 0.103. The third-order valence-corrected chi connectivity index (χ3v) is 4.41. The number of rotatable bonds is 2. The molecule has 1 heterocycles. The Morgan fingerprint density at radius 3 is 2.89 bits per heavy atom. The van der Waals surface area contributed by atoms with Crippen molar-refractivity contribution in [2.24, 2.45) is 0 Å². The van der Waals surface area contributed by atoms with Gasteiger partial charge < -0.3 is 10.4 Å². The van der Waals surface area contributed by atoms with Gasteiger partial charge in [0.15, 0.2) is 11.6 Å². The van der Waals surface area contributed by atoms with Crippen LogP contribution in [0.15, 0.2) is 24.3 Å². The Labute approximate surface area is 113 Å². The first-order chi connectivity index (χ1) is 9.13. The fraction of sp³-hybridized carbons (Fsp3) is 0.214. The molecule has 98 valence electrons. The standard InChI is InChI=1S/C14H12FNO2S/c15-10-7-9(4-5-11(10)17)16-14(18)13-6-8-2-1-3-12(8)19-13/h4-7,17H,1-3H2,(H,16,18). The molecule has 1 aliphatic rings. The summed E-state index contributed by atoms with van der Waals surface area (Å²) < 4.78 is 13.2. The zero-order chi connectivity index (χ0) is 13.4. The van der Waals surface area contributed by atoms with Gasteiger partial charge in [-0.1, -0.05) is 0 Å². The number of hydrogen-bond donors (Lipinski definition) is 2. The number of benzene rings is 1. The molecule has 1 aromatic heterocycles. The first-order valence-corrected chi connectivity index (χ1v) is 6.86. The van der Waals surface area contributed by atoms with Crippen LogP contribution in [0.1, 0.15) is 26.5 Å². The third-order valence-electron chi connectivity index (χ3n) is 3.18. The number of halogens is 1. The molecule has 5 heteroatoms. The number of nitrogens with one attached hydrogen (secondary N) is 1. The summed E-state index contributed by atoms with van der Waals surface area (Å²) in [5, 5.41) is 11.7. The summed E-state index contributed by atoms with van der Waals surface area (Å²) in [5.41, 5.74) is 1.60. The van der Waals surface area contributed by atoms with Crippen LogP contribution in [-0.4, -0.2) is 11.0 Å². The molecule has 0 atom stereocenters. The van der Waals surface area contributed by atoms with Crippen molar-refractivity contribution in [2.75, 3.05) is 5.32 Å². The van der Waals surface area contributed by atoms with Gasteiger partial charge in [0.1, 0.15) is 0 Å². The van der Waals surface area contributed by atoms with Crippen LogP contribution in [0.4, 0.5) is 10.1 Å². The van der Waals surface area contributed by atoms with Crippen LogP contribution in [-0.2, 0) is 12.8 Å². The lowest BCUT2D eigenvalue weighted by atomic mass is 10.2. The Bertz CT molecular complexity index is 629. The first-order valence-electron chi connectivity index (χ1n) is 6.05. The van der Waals surface area contributed by atoms with Crippen LogP contribution in [0, 0.1) is 5.82 Å². The first kappa shape index (κ1) is 12.2. The lowest BCUT2D eigenvalue weighted by Gasteiger charge is -2.04. The van der Waals surface area contributed by atoms with Crippen LogP contribution in [0.3, 0.4) is 0 Å². The number of carbonyl (C=O) groups is 1. The topological polar surface area (TPSA) is 49.3 Å². The second-order valence-electron chi connectivity index (χ2n) is 4.53. The van der Waals surface area contributed by atoms with E-state index in [1.807, 2.05) is 6.07 Å². The largest absolute Gasteiger partial charge is 0.505 e. The van der Waals surface area contributed by atoms with Crippen LogP contribution in [0.2, 0.25) is 0 Å². The van der Waals surface area contributed by atoms with E-state index in [-0.39, 0.29) is 5.91 Å². The number of anilines is 1. The summed E-state index contributed by atoms with van der Waals surface area (Å²) in [5.74, 6) is -1.40. The highest BCUT2D eigenvalue weighted by Crippen LogP contribution is 2.31. The average Bonchev–Trinajstić information content (AvgIpc) is 2.94. The maximum atomic E-state index is 13.2. The maximum absolute atomic E-state index is 13.2. The van der Waals surface area contributed by atoms with E-state index in [4.69, 9.17) is 5.11 Å². The Morgan fingerprint density at radius 2 is 2.16 bits per heavy atom. The van der Waals surface area contributed by atoms with Gasteiger partial charge in [-0.05, 0) is 43.0 Å². The maximum Gasteiger partial charge on any atom is 0.265 e. The van der Waals surface area contributed by atoms with Gasteiger partial charge in [0.25, 0.3) is 5.91 Å². The molecule has 1 amide bonds. The molecule has 0 saturated carbocycles. The normalized spacial score (nSPS) is 13.3. The van der Waals surface area contributed by atoms with Gasteiger partial charge >= 0.3 is 0 Å². The lowest BCUT2D eigenvalue weighted by Crippen LogP contribution is -2.10. The van der Waals surface area contributed by atoms with Crippen LogP contribution in [0.5, 0.6) is 5.75 Å². The molecule has 0 radical (unpaired) electrons. The highest BCUT2D eigenvalue weighted by atomic mass is 32.1. The fourth-order valence-corrected chi connectivity index (χ4v) is 3.37. The summed E-state index contributed by atoms with van der Waals surface area (Å²) >= 11 is 1.50. The van der Waals surface area contributed by atoms with E-state index in [1.165, 1.54) is 33.9 Å². The minimum Gasteiger partial charge on any atom is -0.505 e. The molecule has 0 bridgehead atoms. The Morgan fingerprint density at radius 1 is 1.32 bits per heavy atom. The van der Waals surface area contributed by atoms with Gasteiger partial charge in [0.05, 0.1) is 4.88 Å². The van der Waals surface area contributed by atoms with Crippen molar-refractivity contribution < 1.29 is 14.3 Å². The number of thiophene rings is 1. The van der Waals surface area contributed by atoms with E-state index in [9.17, 15) is 9.18 Å². The summed E-state index contributed by atoms with van der Waals surface area (Å²) in [4.78, 5) is 14.0. The predicted molar refractivity (Wildman–Crippen MR) is 72.4 cm³/mol. The molecule has 0 spiro atoms. The molecule has 0 unspecified atom stereocenters. The van der Waals surface area contributed by atoms with E-state index < -0.39 is 11.6 Å². The van der Waals surface area contributed by atoms with Crippen molar-refractivity contribution in [3.05, 3.63) is 45.4 Å². The summed E-state index contributed by atoms with van der Waals surface area (Å²) in [6.45, 7) is 0. The quantitative estimate of drug-likeness (QED) is 0.827. The summed E-state index contributed by atoms with van der Waals surface area (Å²) in [6.07, 6.45) is 3.24. The van der Waals surface area contributed by atoms with Crippen molar-refractivity contribution in [1.82, 2.24) is 0 Å². The van der Waals surface area contributed by atoms with Gasteiger partial charge in [-0.15, -0.1) is 11.3 Å². The number of phenolic OH excluding ortho intramolecular Hbond substituents is 1. The van der Waals surface area contributed by atoms with Crippen LogP contribution < -0.4 is 5.32 Å². The van der Waals surface area contributed by atoms with E-state index in [1.54, 1.807) is 0 Å². The zero-order valence-corrected chi connectivity index (χ0v) is 10.9. The van der Waals surface area contributed by atoms with E-state index in [0.717, 1.165) is 25.3 Å². The number of fused-ring (bicyclic) bond motifs is 1. The van der Waals surface area contributed by atoms with Gasteiger partial charge in [0.2, 0.25) is 0 Å². The smallest absolute Gasteiger partial charge is 0.265 e. The van der Waals surface area contributed by atoms with E-state index in [0.29, 0.717) is 10.6 Å². The molecular formula is C14H12FNO2S. The van der Waals surface area contributed by atoms with Crippen molar-refractivity contribution in [3.63, 3.8) is 0 Å². The monoisotopic (exact) mass is 277 g/mol. The molecule has 2 aromatic rings. The molecule has 0 aliphatic heterocycles. The van der Waals surface area contributed by atoms with Gasteiger partial charge in [-0.2, -0.15) is 0 Å². The second kappa shape index (κ2) is 4.66. The molecule has 19 heavy (non-hydrogen) atoms. The Kier molecular flexibility index (Phi) is 2.98. The number of hydrogen-bond acceptors (Lipinski definition) is 3. The molecule has 1 aromatic carbocycles. The Balaban J connectivity index is 1.78. The number of phenols is 1. The number of aromatic hydroxyl groups is 1. The van der Waals surface area contributed by atoms with Crippen molar-refractivity contribution in [1.29, 1.82) is 0 Å². The number of aryl methyl sites for hydroxylation is 2. The van der Waals surface area contributed by atoms with Gasteiger partial charge in [-0.3, -0.25) is 4.79 Å². The number of amides is 1. The van der Waals surface area contributed by atoms with Crippen molar-refractivity contribution in [2.45, 2.75) is 19.3 Å². The molecule has 0 saturated heterocycles. The van der Waals surface area contributed by atoms with E-state index in [2.05, 4.69) is 5.32 Å². The second-order valence-corrected chi connectivity index (χ2v) is 5.67. The molecule has 3 rings (SSSR count). The average molecular weight is 277 g/mol. The van der Waals surface area contributed by atoms with Gasteiger partial charge in [0, 0.05) is 16.6 Å². The molecule has 0 fully saturated rings. The number of carbonyl (C=O) groups excluding carboxylic acids is 1. The molecule has 2 N–H and O–H groups in total.